The van der Waals surface area contributed by atoms with Crippen molar-refractivity contribution >= 4 is 6.21 Å². The van der Waals surface area contributed by atoms with Gasteiger partial charge in [0.25, 0.3) is 0 Å². The quantitative estimate of drug-likeness (QED) is 0.743. The molecule has 120 valence electrons. The normalized spacial score (nSPS) is 12.9. The van der Waals surface area contributed by atoms with Crippen LogP contribution in [0, 0.1) is 0 Å². The van der Waals surface area contributed by atoms with Gasteiger partial charge in [-0.1, -0.05) is 18.2 Å². The van der Waals surface area contributed by atoms with Gasteiger partial charge in [0.05, 0.1) is 18.5 Å². The van der Waals surface area contributed by atoms with Gasteiger partial charge in [-0.3, -0.25) is 9.98 Å². The van der Waals surface area contributed by atoms with Crippen LogP contribution in [0.2, 0.25) is 0 Å². The molecular weight excluding hydrogens is 300 g/mol. The van der Waals surface area contributed by atoms with Crippen molar-refractivity contribution in [1.82, 2.24) is 14.5 Å². The van der Waals surface area contributed by atoms with E-state index in [1.807, 2.05) is 36.5 Å². The van der Waals surface area contributed by atoms with Crippen LogP contribution in [0.1, 0.15) is 17.0 Å². The summed E-state index contributed by atoms with van der Waals surface area (Å²) in [4.78, 5) is 13.7. The third-order valence-corrected chi connectivity index (χ3v) is 4.17. The second kappa shape index (κ2) is 6.28. The van der Waals surface area contributed by atoms with Crippen molar-refractivity contribution in [2.45, 2.75) is 13.0 Å². The highest BCUT2D eigenvalue weighted by molar-refractivity contribution is 5.81. The van der Waals surface area contributed by atoms with E-state index in [0.29, 0.717) is 0 Å². The summed E-state index contributed by atoms with van der Waals surface area (Å²) in [6.45, 7) is 1.53. The van der Waals surface area contributed by atoms with Gasteiger partial charge < -0.3 is 9.30 Å². The standard InChI is InChI=1S/C19H18N4O/c1-24-15-7-5-14(6-8-15)13-23-18-12-20-11-9-16(18)22-19(23)17-4-2-3-10-21-17/h2-8,10,12H,9,11,13H2,1H3. The molecule has 0 unspecified atom stereocenters. The van der Waals surface area contributed by atoms with E-state index < -0.39 is 0 Å². The minimum atomic E-state index is 0.726. The molecule has 1 aliphatic heterocycles. The van der Waals surface area contributed by atoms with Crippen LogP contribution in [-0.4, -0.2) is 34.4 Å². The molecule has 0 amide bonds. The number of methoxy groups -OCH3 is 1. The average molecular weight is 318 g/mol. The number of benzene rings is 1. The van der Waals surface area contributed by atoms with Crippen LogP contribution < -0.4 is 4.74 Å². The number of pyridine rings is 1. The Kier molecular flexibility index (Phi) is 3.83. The van der Waals surface area contributed by atoms with Crippen molar-refractivity contribution in [2.24, 2.45) is 4.99 Å². The van der Waals surface area contributed by atoms with Gasteiger partial charge in [-0.15, -0.1) is 0 Å². The zero-order valence-electron chi connectivity index (χ0n) is 13.5. The molecule has 3 heterocycles. The monoisotopic (exact) mass is 318 g/mol. The highest BCUT2D eigenvalue weighted by atomic mass is 16.5. The molecule has 0 N–H and O–H groups in total. The van der Waals surface area contributed by atoms with Crippen LogP contribution in [0.5, 0.6) is 5.75 Å². The van der Waals surface area contributed by atoms with Gasteiger partial charge in [0.2, 0.25) is 0 Å². The van der Waals surface area contributed by atoms with Crippen LogP contribution in [0.4, 0.5) is 0 Å². The number of hydrogen-bond donors (Lipinski definition) is 0. The molecule has 0 saturated carbocycles. The Labute approximate surface area is 140 Å². The Balaban J connectivity index is 1.78. The molecule has 24 heavy (non-hydrogen) atoms. The van der Waals surface area contributed by atoms with E-state index in [4.69, 9.17) is 9.72 Å². The lowest BCUT2D eigenvalue weighted by atomic mass is 10.2. The summed E-state index contributed by atoms with van der Waals surface area (Å²) in [5.74, 6) is 1.75. The number of fused-ring (bicyclic) bond motifs is 1. The predicted octanol–water partition coefficient (Wildman–Crippen LogP) is 2.98. The molecule has 1 aliphatic rings. The smallest absolute Gasteiger partial charge is 0.159 e. The topological polar surface area (TPSA) is 52.3 Å². The molecule has 0 bridgehead atoms. The van der Waals surface area contributed by atoms with Gasteiger partial charge in [0, 0.05) is 31.9 Å². The maximum Gasteiger partial charge on any atom is 0.159 e. The Hall–Kier alpha value is -2.95. The number of ether oxygens (including phenoxy) is 1. The molecule has 0 saturated heterocycles. The van der Waals surface area contributed by atoms with E-state index in [9.17, 15) is 0 Å². The van der Waals surface area contributed by atoms with Gasteiger partial charge in [-0.05, 0) is 29.8 Å². The van der Waals surface area contributed by atoms with Crippen molar-refractivity contribution in [3.63, 3.8) is 0 Å². The molecule has 5 nitrogen and oxygen atoms in total. The number of rotatable bonds is 4. The van der Waals surface area contributed by atoms with Crippen LogP contribution >= 0.6 is 0 Å². The third kappa shape index (κ3) is 2.69. The zero-order valence-corrected chi connectivity index (χ0v) is 13.5. The third-order valence-electron chi connectivity index (χ3n) is 4.17. The number of imidazole rings is 1. The summed E-state index contributed by atoms with van der Waals surface area (Å²) >= 11 is 0. The second-order valence-corrected chi connectivity index (χ2v) is 5.70. The number of nitrogens with zero attached hydrogens (tertiary/aromatic N) is 4. The first-order valence-electron chi connectivity index (χ1n) is 7.99. The van der Waals surface area contributed by atoms with Gasteiger partial charge in [0.15, 0.2) is 5.82 Å². The van der Waals surface area contributed by atoms with Gasteiger partial charge in [0.1, 0.15) is 11.4 Å². The molecule has 2 aromatic heterocycles. The number of aliphatic imine (C=N–C) groups is 1. The molecule has 0 radical (unpaired) electrons. The van der Waals surface area contributed by atoms with E-state index in [-0.39, 0.29) is 0 Å². The van der Waals surface area contributed by atoms with E-state index in [2.05, 4.69) is 26.7 Å². The average Bonchev–Trinajstić information content (AvgIpc) is 3.02. The molecule has 5 heteroatoms. The molecule has 0 fully saturated rings. The first-order chi connectivity index (χ1) is 11.8. The van der Waals surface area contributed by atoms with E-state index in [1.54, 1.807) is 13.3 Å². The minimum absolute atomic E-state index is 0.726. The summed E-state index contributed by atoms with van der Waals surface area (Å²) in [5, 5.41) is 0. The fraction of sp³-hybridized carbons (Fsp3) is 0.211. The van der Waals surface area contributed by atoms with Crippen molar-refractivity contribution in [1.29, 1.82) is 0 Å². The number of hydrogen-bond acceptors (Lipinski definition) is 4. The Bertz CT molecular complexity index is 866. The van der Waals surface area contributed by atoms with Gasteiger partial charge in [-0.2, -0.15) is 0 Å². The van der Waals surface area contributed by atoms with Crippen molar-refractivity contribution in [3.8, 4) is 17.3 Å². The molecule has 4 rings (SSSR count). The molecule has 0 atom stereocenters. The van der Waals surface area contributed by atoms with E-state index in [1.165, 1.54) is 5.56 Å². The Morgan fingerprint density at radius 2 is 2.00 bits per heavy atom. The maximum absolute atomic E-state index is 5.24. The van der Waals surface area contributed by atoms with Crippen molar-refractivity contribution in [3.05, 3.63) is 65.6 Å². The van der Waals surface area contributed by atoms with Gasteiger partial charge >= 0.3 is 0 Å². The molecule has 0 aliphatic carbocycles. The van der Waals surface area contributed by atoms with E-state index >= 15 is 0 Å². The largest absolute Gasteiger partial charge is 0.497 e. The first kappa shape index (κ1) is 14.6. The first-order valence-corrected chi connectivity index (χ1v) is 7.99. The highest BCUT2D eigenvalue weighted by Gasteiger charge is 2.19. The molecular formula is C19H18N4O. The number of aromatic nitrogens is 3. The maximum atomic E-state index is 5.24. The summed E-state index contributed by atoms with van der Waals surface area (Å²) in [5.41, 5.74) is 4.25. The van der Waals surface area contributed by atoms with Crippen molar-refractivity contribution < 1.29 is 4.74 Å². The lowest BCUT2D eigenvalue weighted by Crippen LogP contribution is -2.10. The predicted molar refractivity (Wildman–Crippen MR) is 93.7 cm³/mol. The minimum Gasteiger partial charge on any atom is -0.497 e. The summed E-state index contributed by atoms with van der Waals surface area (Å²) < 4.78 is 7.43. The molecule has 1 aromatic carbocycles. The Morgan fingerprint density at radius 3 is 2.75 bits per heavy atom. The summed E-state index contributed by atoms with van der Waals surface area (Å²) in [6.07, 6.45) is 4.61. The van der Waals surface area contributed by atoms with Crippen LogP contribution in [-0.2, 0) is 13.0 Å². The molecule has 3 aromatic rings. The lowest BCUT2D eigenvalue weighted by Gasteiger charge is -2.12. The van der Waals surface area contributed by atoms with Crippen LogP contribution in [0.25, 0.3) is 11.5 Å². The van der Waals surface area contributed by atoms with E-state index in [0.717, 1.165) is 48.2 Å². The highest BCUT2D eigenvalue weighted by Crippen LogP contribution is 2.24. The Morgan fingerprint density at radius 1 is 1.12 bits per heavy atom. The van der Waals surface area contributed by atoms with Crippen LogP contribution in [0.3, 0.4) is 0 Å². The fourth-order valence-corrected chi connectivity index (χ4v) is 2.93. The fourth-order valence-electron chi connectivity index (χ4n) is 2.93. The van der Waals surface area contributed by atoms with Crippen molar-refractivity contribution in [2.75, 3.05) is 13.7 Å². The summed E-state index contributed by atoms with van der Waals surface area (Å²) in [6, 6.07) is 14.0. The van der Waals surface area contributed by atoms with Crippen LogP contribution in [0.15, 0.2) is 53.7 Å². The summed E-state index contributed by atoms with van der Waals surface area (Å²) in [7, 11) is 1.68. The second-order valence-electron chi connectivity index (χ2n) is 5.70. The lowest BCUT2D eigenvalue weighted by molar-refractivity contribution is 0.414. The van der Waals surface area contributed by atoms with Gasteiger partial charge in [-0.25, -0.2) is 4.98 Å². The zero-order chi connectivity index (χ0) is 16.4. The molecule has 0 spiro atoms. The SMILES string of the molecule is COc1ccc(Cn2c(-c3ccccn3)nc3c2C=NCC3)cc1.